The summed E-state index contributed by atoms with van der Waals surface area (Å²) >= 11 is 7.25. The van der Waals surface area contributed by atoms with Gasteiger partial charge in [0.1, 0.15) is 0 Å². The Bertz CT molecular complexity index is 908. The first-order valence-electron chi connectivity index (χ1n) is 7.11. The molecular formula is C17H11ClN2O3S. The largest absolute Gasteiger partial charge is 0.454 e. The number of aromatic nitrogens is 1. The zero-order valence-corrected chi connectivity index (χ0v) is 13.9. The lowest BCUT2D eigenvalue weighted by atomic mass is 10.2. The standard InChI is InChI=1S/C17H11ClN2O3S/c18-12-4-1-10(2-5-12)13-8-24-17(19-13)20-16(21)11-3-6-14-15(7-11)23-9-22-14/h1-8H,9H2,(H,19,20,21). The number of anilines is 1. The van der Waals surface area contributed by atoms with Crippen molar-refractivity contribution in [3.63, 3.8) is 0 Å². The van der Waals surface area contributed by atoms with Gasteiger partial charge in [-0.15, -0.1) is 11.3 Å². The molecule has 0 aliphatic carbocycles. The van der Waals surface area contributed by atoms with Crippen LogP contribution in [-0.4, -0.2) is 17.7 Å². The number of fused-ring (bicyclic) bond motifs is 1. The average molecular weight is 359 g/mol. The first-order valence-corrected chi connectivity index (χ1v) is 8.37. The summed E-state index contributed by atoms with van der Waals surface area (Å²) in [4.78, 5) is 16.8. The van der Waals surface area contributed by atoms with E-state index in [0.717, 1.165) is 11.3 Å². The van der Waals surface area contributed by atoms with Crippen molar-refractivity contribution >= 4 is 34.0 Å². The molecule has 5 nitrogen and oxygen atoms in total. The van der Waals surface area contributed by atoms with Crippen molar-refractivity contribution in [2.45, 2.75) is 0 Å². The molecule has 2 aromatic carbocycles. The molecule has 7 heteroatoms. The fraction of sp³-hybridized carbons (Fsp3) is 0.0588. The number of rotatable bonds is 3. The topological polar surface area (TPSA) is 60.5 Å². The quantitative estimate of drug-likeness (QED) is 0.751. The van der Waals surface area contributed by atoms with E-state index in [9.17, 15) is 4.79 Å². The Morgan fingerprint density at radius 1 is 1.12 bits per heavy atom. The minimum absolute atomic E-state index is 0.178. The van der Waals surface area contributed by atoms with E-state index in [-0.39, 0.29) is 12.7 Å². The predicted octanol–water partition coefficient (Wildman–Crippen LogP) is 4.44. The molecule has 0 atom stereocenters. The van der Waals surface area contributed by atoms with Gasteiger partial charge in [0, 0.05) is 21.5 Å². The normalized spacial score (nSPS) is 12.2. The van der Waals surface area contributed by atoms with Gasteiger partial charge in [-0.05, 0) is 30.3 Å². The zero-order valence-electron chi connectivity index (χ0n) is 12.3. The molecule has 0 fully saturated rings. The number of hydrogen-bond donors (Lipinski definition) is 1. The molecule has 1 N–H and O–H groups in total. The van der Waals surface area contributed by atoms with Crippen molar-refractivity contribution in [1.29, 1.82) is 0 Å². The van der Waals surface area contributed by atoms with Crippen molar-refractivity contribution in [1.82, 2.24) is 4.98 Å². The SMILES string of the molecule is O=C(Nc1nc(-c2ccc(Cl)cc2)cs1)c1ccc2c(c1)OCO2. The Morgan fingerprint density at radius 2 is 1.92 bits per heavy atom. The summed E-state index contributed by atoms with van der Waals surface area (Å²) in [5.41, 5.74) is 2.22. The van der Waals surface area contributed by atoms with Gasteiger partial charge in [-0.2, -0.15) is 0 Å². The molecule has 0 saturated carbocycles. The number of carbonyl (C=O) groups is 1. The molecule has 24 heavy (non-hydrogen) atoms. The van der Waals surface area contributed by atoms with E-state index in [0.29, 0.717) is 27.2 Å². The van der Waals surface area contributed by atoms with Crippen LogP contribution in [0.2, 0.25) is 5.02 Å². The van der Waals surface area contributed by atoms with Gasteiger partial charge < -0.3 is 9.47 Å². The van der Waals surface area contributed by atoms with Crippen molar-refractivity contribution in [3.05, 3.63) is 58.4 Å². The predicted molar refractivity (Wildman–Crippen MR) is 93.1 cm³/mol. The molecule has 1 aromatic heterocycles. The summed E-state index contributed by atoms with van der Waals surface area (Å²) < 4.78 is 10.5. The second-order valence-corrected chi connectivity index (χ2v) is 6.36. The van der Waals surface area contributed by atoms with Gasteiger partial charge in [0.25, 0.3) is 5.91 Å². The molecule has 1 aliphatic rings. The number of ether oxygens (including phenoxy) is 2. The van der Waals surface area contributed by atoms with Crippen molar-refractivity contribution in [3.8, 4) is 22.8 Å². The summed E-state index contributed by atoms with van der Waals surface area (Å²) in [5, 5.41) is 5.89. The molecule has 120 valence electrons. The highest BCUT2D eigenvalue weighted by molar-refractivity contribution is 7.14. The van der Waals surface area contributed by atoms with E-state index in [2.05, 4.69) is 10.3 Å². The third-order valence-corrected chi connectivity index (χ3v) is 4.51. The summed E-state index contributed by atoms with van der Waals surface area (Å²) in [6.45, 7) is 0.178. The zero-order chi connectivity index (χ0) is 16.5. The number of thiazole rings is 1. The summed E-state index contributed by atoms with van der Waals surface area (Å²) in [7, 11) is 0. The lowest BCUT2D eigenvalue weighted by Crippen LogP contribution is -2.11. The number of amides is 1. The average Bonchev–Trinajstić information content (AvgIpc) is 3.24. The van der Waals surface area contributed by atoms with E-state index in [1.54, 1.807) is 30.3 Å². The molecule has 0 spiro atoms. The number of hydrogen-bond acceptors (Lipinski definition) is 5. The molecule has 0 unspecified atom stereocenters. The number of nitrogens with one attached hydrogen (secondary N) is 1. The first-order chi connectivity index (χ1) is 11.7. The van der Waals surface area contributed by atoms with E-state index in [1.807, 2.05) is 17.5 Å². The maximum absolute atomic E-state index is 12.3. The van der Waals surface area contributed by atoms with Crippen molar-refractivity contribution in [2.75, 3.05) is 12.1 Å². The highest BCUT2D eigenvalue weighted by atomic mass is 35.5. The Hall–Kier alpha value is -2.57. The first kappa shape index (κ1) is 15.0. The van der Waals surface area contributed by atoms with Gasteiger partial charge in [0.05, 0.1) is 5.69 Å². The molecule has 4 rings (SSSR count). The highest BCUT2D eigenvalue weighted by Gasteiger charge is 2.17. The summed E-state index contributed by atoms with van der Waals surface area (Å²) in [6.07, 6.45) is 0. The van der Waals surface area contributed by atoms with Crippen LogP contribution in [0.25, 0.3) is 11.3 Å². The minimum atomic E-state index is -0.245. The van der Waals surface area contributed by atoms with Crippen molar-refractivity contribution in [2.24, 2.45) is 0 Å². The number of nitrogens with zero attached hydrogens (tertiary/aromatic N) is 1. The monoisotopic (exact) mass is 358 g/mol. The van der Waals surface area contributed by atoms with Crippen LogP contribution in [0.3, 0.4) is 0 Å². The van der Waals surface area contributed by atoms with Crippen LogP contribution in [0.1, 0.15) is 10.4 Å². The molecule has 0 radical (unpaired) electrons. The Labute approximate surface area is 146 Å². The maximum Gasteiger partial charge on any atom is 0.257 e. The molecule has 3 aromatic rings. The third-order valence-electron chi connectivity index (χ3n) is 3.50. The molecule has 2 heterocycles. The Morgan fingerprint density at radius 3 is 2.75 bits per heavy atom. The van der Waals surface area contributed by atoms with E-state index >= 15 is 0 Å². The molecular weight excluding hydrogens is 348 g/mol. The fourth-order valence-corrected chi connectivity index (χ4v) is 3.13. The molecule has 0 bridgehead atoms. The summed E-state index contributed by atoms with van der Waals surface area (Å²) in [6, 6.07) is 12.5. The van der Waals surface area contributed by atoms with Gasteiger partial charge >= 0.3 is 0 Å². The second kappa shape index (κ2) is 6.14. The van der Waals surface area contributed by atoms with Crippen molar-refractivity contribution < 1.29 is 14.3 Å². The third kappa shape index (κ3) is 2.93. The second-order valence-electron chi connectivity index (χ2n) is 5.07. The smallest absolute Gasteiger partial charge is 0.257 e. The van der Waals surface area contributed by atoms with Gasteiger partial charge in [-0.3, -0.25) is 10.1 Å². The Kier molecular flexibility index (Phi) is 3.84. The lowest BCUT2D eigenvalue weighted by molar-refractivity contribution is 0.102. The molecule has 1 amide bonds. The number of carbonyl (C=O) groups excluding carboxylic acids is 1. The van der Waals surface area contributed by atoms with Crippen LogP contribution in [0, 0.1) is 0 Å². The van der Waals surface area contributed by atoms with Crippen LogP contribution in [0.5, 0.6) is 11.5 Å². The van der Waals surface area contributed by atoms with Gasteiger partial charge in [0.15, 0.2) is 16.6 Å². The lowest BCUT2D eigenvalue weighted by Gasteiger charge is -2.03. The van der Waals surface area contributed by atoms with E-state index < -0.39 is 0 Å². The Balaban J connectivity index is 1.51. The summed E-state index contributed by atoms with van der Waals surface area (Å²) in [5.74, 6) is 0.972. The van der Waals surface area contributed by atoms with Gasteiger partial charge in [-0.25, -0.2) is 4.98 Å². The fourth-order valence-electron chi connectivity index (χ4n) is 2.29. The molecule has 1 aliphatic heterocycles. The number of benzene rings is 2. The highest BCUT2D eigenvalue weighted by Crippen LogP contribution is 2.33. The number of halogens is 1. The van der Waals surface area contributed by atoms with E-state index in [1.165, 1.54) is 11.3 Å². The van der Waals surface area contributed by atoms with Gasteiger partial charge in [0.2, 0.25) is 6.79 Å². The maximum atomic E-state index is 12.3. The minimum Gasteiger partial charge on any atom is -0.454 e. The molecule has 0 saturated heterocycles. The van der Waals surface area contributed by atoms with Crippen LogP contribution >= 0.6 is 22.9 Å². The van der Waals surface area contributed by atoms with Crippen LogP contribution in [0.4, 0.5) is 5.13 Å². The van der Waals surface area contributed by atoms with Crippen LogP contribution in [0.15, 0.2) is 47.8 Å². The van der Waals surface area contributed by atoms with Gasteiger partial charge in [-0.1, -0.05) is 23.7 Å². The van der Waals surface area contributed by atoms with E-state index in [4.69, 9.17) is 21.1 Å². The van der Waals surface area contributed by atoms with Crippen LogP contribution in [-0.2, 0) is 0 Å². The van der Waals surface area contributed by atoms with Crippen LogP contribution < -0.4 is 14.8 Å².